The molecule has 0 bridgehead atoms. The number of rotatable bonds is 5. The van der Waals surface area contributed by atoms with E-state index in [4.69, 9.17) is 0 Å². The third-order valence-corrected chi connectivity index (χ3v) is 5.38. The highest BCUT2D eigenvalue weighted by Gasteiger charge is 2.26. The number of aliphatic hydroxyl groups is 1. The number of nitro benzene ring substituents is 1. The van der Waals surface area contributed by atoms with Gasteiger partial charge in [-0.1, -0.05) is 18.6 Å². The van der Waals surface area contributed by atoms with Gasteiger partial charge in [0.05, 0.1) is 16.7 Å². The van der Waals surface area contributed by atoms with E-state index in [0.717, 1.165) is 42.1 Å². The summed E-state index contributed by atoms with van der Waals surface area (Å²) in [6.45, 7) is 3.53. The number of nitrogens with zero attached hydrogens (tertiary/aromatic N) is 3. The number of likely N-dealkylation sites (tertiary alicyclic amines) is 1. The normalized spacial score (nSPS) is 20.0. The van der Waals surface area contributed by atoms with E-state index >= 15 is 0 Å². The predicted molar refractivity (Wildman–Crippen MR) is 93.9 cm³/mol. The van der Waals surface area contributed by atoms with Crippen LogP contribution < -0.4 is 0 Å². The van der Waals surface area contributed by atoms with Gasteiger partial charge in [0.25, 0.3) is 5.69 Å². The van der Waals surface area contributed by atoms with Crippen LogP contribution >= 0.6 is 11.3 Å². The smallest absolute Gasteiger partial charge is 0.270 e. The Morgan fingerprint density at radius 2 is 2.33 bits per heavy atom. The molecule has 0 amide bonds. The highest BCUT2D eigenvalue weighted by atomic mass is 32.1. The van der Waals surface area contributed by atoms with Gasteiger partial charge in [0.2, 0.25) is 0 Å². The third-order valence-electron chi connectivity index (χ3n) is 4.44. The molecule has 6 nitrogen and oxygen atoms in total. The van der Waals surface area contributed by atoms with Crippen LogP contribution in [0.5, 0.6) is 0 Å². The van der Waals surface area contributed by atoms with Crippen LogP contribution in [0.4, 0.5) is 5.69 Å². The van der Waals surface area contributed by atoms with Crippen LogP contribution in [0.25, 0.3) is 10.6 Å². The fraction of sp³-hybridized carbons (Fsp3) is 0.471. The van der Waals surface area contributed by atoms with Crippen molar-refractivity contribution in [3.8, 4) is 10.6 Å². The zero-order valence-electron chi connectivity index (χ0n) is 13.6. The number of aromatic nitrogens is 1. The minimum atomic E-state index is -0.390. The number of nitro groups is 1. The van der Waals surface area contributed by atoms with Gasteiger partial charge in [-0.2, -0.15) is 0 Å². The van der Waals surface area contributed by atoms with Gasteiger partial charge >= 0.3 is 0 Å². The Labute approximate surface area is 144 Å². The molecule has 1 aromatic carbocycles. The first-order chi connectivity index (χ1) is 11.5. The number of aliphatic hydroxyl groups excluding tert-OH is 1. The van der Waals surface area contributed by atoms with E-state index in [1.54, 1.807) is 12.1 Å². The van der Waals surface area contributed by atoms with Gasteiger partial charge in [0, 0.05) is 35.7 Å². The number of hydrogen-bond acceptors (Lipinski definition) is 6. The molecule has 2 aromatic rings. The summed E-state index contributed by atoms with van der Waals surface area (Å²) < 4.78 is 0. The zero-order chi connectivity index (χ0) is 17.1. The molecule has 1 aromatic heterocycles. The lowest BCUT2D eigenvalue weighted by Crippen LogP contribution is -2.45. The van der Waals surface area contributed by atoms with Crippen molar-refractivity contribution in [3.05, 3.63) is 45.5 Å². The second kappa shape index (κ2) is 7.38. The number of non-ortho nitro benzene ring substituents is 1. The van der Waals surface area contributed by atoms with Gasteiger partial charge in [-0.25, -0.2) is 4.98 Å². The van der Waals surface area contributed by atoms with E-state index in [2.05, 4.69) is 9.88 Å². The van der Waals surface area contributed by atoms with E-state index in [9.17, 15) is 15.2 Å². The minimum Gasteiger partial charge on any atom is -0.392 e. The maximum atomic E-state index is 10.9. The summed E-state index contributed by atoms with van der Waals surface area (Å²) in [4.78, 5) is 17.5. The van der Waals surface area contributed by atoms with E-state index in [1.807, 2.05) is 18.4 Å². The Kier molecular flexibility index (Phi) is 5.23. The molecule has 1 aliphatic rings. The molecule has 24 heavy (non-hydrogen) atoms. The molecular weight excluding hydrogens is 326 g/mol. The highest BCUT2D eigenvalue weighted by molar-refractivity contribution is 7.13. The molecule has 0 radical (unpaired) electrons. The fourth-order valence-corrected chi connectivity index (χ4v) is 4.04. The standard InChI is InChI=1S/C17H21N3O3S/c1-12(21)16-7-2-3-8-19(16)10-14-11-24-17(18-14)13-5-4-6-15(9-13)20(22)23/h4-6,9,11-12,16,21H,2-3,7-8,10H2,1H3. The minimum absolute atomic E-state index is 0.0782. The number of piperidine rings is 1. The Morgan fingerprint density at radius 1 is 1.50 bits per heavy atom. The molecule has 3 rings (SSSR count). The first-order valence-corrected chi connectivity index (χ1v) is 9.04. The van der Waals surface area contributed by atoms with Crippen molar-refractivity contribution in [1.82, 2.24) is 9.88 Å². The van der Waals surface area contributed by atoms with Gasteiger partial charge < -0.3 is 5.11 Å². The molecule has 1 fully saturated rings. The number of hydrogen-bond donors (Lipinski definition) is 1. The second-order valence-electron chi connectivity index (χ2n) is 6.23. The molecule has 2 unspecified atom stereocenters. The van der Waals surface area contributed by atoms with Crippen molar-refractivity contribution in [3.63, 3.8) is 0 Å². The molecule has 128 valence electrons. The van der Waals surface area contributed by atoms with Crippen molar-refractivity contribution in [2.45, 2.75) is 44.9 Å². The zero-order valence-corrected chi connectivity index (χ0v) is 14.4. The molecule has 0 aliphatic carbocycles. The van der Waals surface area contributed by atoms with Crippen LogP contribution in [-0.2, 0) is 6.54 Å². The van der Waals surface area contributed by atoms with Gasteiger partial charge in [-0.05, 0) is 26.3 Å². The van der Waals surface area contributed by atoms with Crippen LogP contribution in [0, 0.1) is 10.1 Å². The Balaban J connectivity index is 1.76. The topological polar surface area (TPSA) is 79.5 Å². The van der Waals surface area contributed by atoms with Gasteiger partial charge in [0.15, 0.2) is 0 Å². The molecule has 0 saturated carbocycles. The number of benzene rings is 1. The Hall–Kier alpha value is -1.83. The maximum Gasteiger partial charge on any atom is 0.270 e. The van der Waals surface area contributed by atoms with E-state index in [0.29, 0.717) is 6.54 Å². The molecule has 1 saturated heterocycles. The van der Waals surface area contributed by atoms with Crippen LogP contribution in [-0.4, -0.2) is 38.6 Å². The molecule has 0 spiro atoms. The summed E-state index contributed by atoms with van der Waals surface area (Å²) in [7, 11) is 0. The van der Waals surface area contributed by atoms with Crippen LogP contribution in [0.1, 0.15) is 31.9 Å². The molecule has 2 atom stereocenters. The SMILES string of the molecule is CC(O)C1CCCCN1Cc1csc(-c2cccc([N+](=O)[O-])c2)n1. The van der Waals surface area contributed by atoms with E-state index in [1.165, 1.54) is 17.4 Å². The first kappa shape index (κ1) is 17.0. The summed E-state index contributed by atoms with van der Waals surface area (Å²) >= 11 is 1.50. The lowest BCUT2D eigenvalue weighted by atomic mass is 9.98. The molecule has 2 heterocycles. The average Bonchev–Trinajstić information content (AvgIpc) is 3.04. The van der Waals surface area contributed by atoms with Crippen molar-refractivity contribution < 1.29 is 10.0 Å². The summed E-state index contributed by atoms with van der Waals surface area (Å²) in [5, 5.41) is 23.7. The summed E-state index contributed by atoms with van der Waals surface area (Å²) in [5.41, 5.74) is 1.80. The quantitative estimate of drug-likeness (QED) is 0.662. The molecule has 1 N–H and O–H groups in total. The molecule has 7 heteroatoms. The van der Waals surface area contributed by atoms with Crippen molar-refractivity contribution in [1.29, 1.82) is 0 Å². The Morgan fingerprint density at radius 3 is 3.08 bits per heavy atom. The lowest BCUT2D eigenvalue weighted by molar-refractivity contribution is -0.384. The van der Waals surface area contributed by atoms with Crippen LogP contribution in [0.15, 0.2) is 29.6 Å². The monoisotopic (exact) mass is 347 g/mol. The van der Waals surface area contributed by atoms with Gasteiger partial charge in [-0.3, -0.25) is 15.0 Å². The van der Waals surface area contributed by atoms with Crippen LogP contribution in [0.3, 0.4) is 0 Å². The second-order valence-corrected chi connectivity index (χ2v) is 7.08. The van der Waals surface area contributed by atoms with Crippen molar-refractivity contribution >= 4 is 17.0 Å². The predicted octanol–water partition coefficient (Wildman–Crippen LogP) is 3.45. The Bertz CT molecular complexity index is 717. The summed E-state index contributed by atoms with van der Waals surface area (Å²) in [6.07, 6.45) is 2.97. The summed E-state index contributed by atoms with van der Waals surface area (Å²) in [6, 6.07) is 6.75. The molecule has 1 aliphatic heterocycles. The van der Waals surface area contributed by atoms with E-state index in [-0.39, 0.29) is 22.8 Å². The number of thiazole rings is 1. The van der Waals surface area contributed by atoms with E-state index < -0.39 is 0 Å². The van der Waals surface area contributed by atoms with Crippen molar-refractivity contribution in [2.75, 3.05) is 6.54 Å². The lowest BCUT2D eigenvalue weighted by Gasteiger charge is -2.36. The first-order valence-electron chi connectivity index (χ1n) is 8.16. The third kappa shape index (κ3) is 3.80. The maximum absolute atomic E-state index is 10.9. The summed E-state index contributed by atoms with van der Waals surface area (Å²) in [5.74, 6) is 0. The van der Waals surface area contributed by atoms with Crippen LogP contribution in [0.2, 0.25) is 0 Å². The van der Waals surface area contributed by atoms with Crippen molar-refractivity contribution in [2.24, 2.45) is 0 Å². The average molecular weight is 347 g/mol. The highest BCUT2D eigenvalue weighted by Crippen LogP contribution is 2.28. The fourth-order valence-electron chi connectivity index (χ4n) is 3.23. The van der Waals surface area contributed by atoms with Gasteiger partial charge in [-0.15, -0.1) is 11.3 Å². The largest absolute Gasteiger partial charge is 0.392 e. The molecular formula is C17H21N3O3S. The van der Waals surface area contributed by atoms with Gasteiger partial charge in [0.1, 0.15) is 5.01 Å².